The summed E-state index contributed by atoms with van der Waals surface area (Å²) >= 11 is 4.42. The van der Waals surface area contributed by atoms with Crippen LogP contribution in [0.25, 0.3) is 5.57 Å². The van der Waals surface area contributed by atoms with E-state index in [0.29, 0.717) is 22.1 Å². The first kappa shape index (κ1) is 18.5. The average Bonchev–Trinajstić information content (AvgIpc) is 3.14. The number of nitrogens with one attached hydrogen (secondary N) is 1. The van der Waals surface area contributed by atoms with Crippen LogP contribution >= 0.6 is 27.7 Å². The van der Waals surface area contributed by atoms with Gasteiger partial charge in [0.15, 0.2) is 5.17 Å². The zero-order valence-corrected chi connectivity index (χ0v) is 16.6. The summed E-state index contributed by atoms with van der Waals surface area (Å²) in [5.74, 6) is -2.07. The molecule has 140 valence electrons. The lowest BCUT2D eigenvalue weighted by Gasteiger charge is -2.13. The van der Waals surface area contributed by atoms with Crippen LogP contribution in [0.3, 0.4) is 0 Å². The molecule has 0 radical (unpaired) electrons. The number of aliphatic carboxylic acids is 1. The average molecular weight is 458 g/mol. The van der Waals surface area contributed by atoms with Crippen LogP contribution in [0.5, 0.6) is 0 Å². The third-order valence-corrected chi connectivity index (χ3v) is 5.64. The Morgan fingerprint density at radius 1 is 1.14 bits per heavy atom. The molecule has 1 saturated heterocycles. The Balaban J connectivity index is 1.74. The van der Waals surface area contributed by atoms with Crippen LogP contribution in [-0.4, -0.2) is 34.6 Å². The largest absolute Gasteiger partial charge is 0.480 e. The molecule has 28 heavy (non-hydrogen) atoms. The van der Waals surface area contributed by atoms with E-state index in [1.165, 1.54) is 0 Å². The molecule has 7 nitrogen and oxygen atoms in total. The molecule has 2 aliphatic heterocycles. The van der Waals surface area contributed by atoms with E-state index >= 15 is 0 Å². The van der Waals surface area contributed by atoms with Crippen molar-refractivity contribution in [3.05, 3.63) is 63.5 Å². The third kappa shape index (κ3) is 3.34. The zero-order chi connectivity index (χ0) is 19.8. The van der Waals surface area contributed by atoms with Crippen LogP contribution in [-0.2, 0) is 14.4 Å². The zero-order valence-electron chi connectivity index (χ0n) is 14.2. The quantitative estimate of drug-likeness (QED) is 0.689. The number of carbonyl (C=O) groups is 3. The number of hydrogen-bond acceptors (Lipinski definition) is 5. The highest BCUT2D eigenvalue weighted by molar-refractivity contribution is 9.10. The number of halogens is 1. The van der Waals surface area contributed by atoms with E-state index in [2.05, 4.69) is 26.2 Å². The monoisotopic (exact) mass is 457 g/mol. The summed E-state index contributed by atoms with van der Waals surface area (Å²) in [7, 11) is 0. The van der Waals surface area contributed by atoms with Gasteiger partial charge in [-0.15, -0.1) is 0 Å². The molecule has 0 unspecified atom stereocenters. The molecular formula is C19H12BrN3O4S. The second-order valence-electron chi connectivity index (χ2n) is 5.96. The number of carbonyl (C=O) groups excluding carboxylic acids is 2. The summed E-state index contributed by atoms with van der Waals surface area (Å²) in [4.78, 5) is 42.4. The van der Waals surface area contributed by atoms with Crippen LogP contribution in [0.4, 0.5) is 11.4 Å². The second-order valence-corrected chi connectivity index (χ2v) is 7.87. The minimum atomic E-state index is -1.13. The van der Waals surface area contributed by atoms with Crippen LogP contribution in [0.15, 0.2) is 62.9 Å². The van der Waals surface area contributed by atoms with Crippen molar-refractivity contribution < 1.29 is 19.5 Å². The van der Waals surface area contributed by atoms with Crippen molar-refractivity contribution in [2.24, 2.45) is 4.99 Å². The van der Waals surface area contributed by atoms with E-state index in [0.717, 1.165) is 21.1 Å². The first-order valence-corrected chi connectivity index (χ1v) is 9.76. The van der Waals surface area contributed by atoms with Gasteiger partial charge in [-0.2, -0.15) is 0 Å². The highest BCUT2D eigenvalue weighted by Crippen LogP contribution is 2.42. The van der Waals surface area contributed by atoms with Crippen molar-refractivity contribution >= 4 is 67.6 Å². The number of carboxylic acid groups (broad SMARTS) is 1. The van der Waals surface area contributed by atoms with Crippen LogP contribution in [0.2, 0.25) is 0 Å². The van der Waals surface area contributed by atoms with Gasteiger partial charge in [0.2, 0.25) is 0 Å². The van der Waals surface area contributed by atoms with Crippen molar-refractivity contribution in [1.82, 2.24) is 5.32 Å². The Labute approximate surface area is 172 Å². The standard InChI is InChI=1S/C19H12BrN3O4S/c20-10-5-7-11(8-6-10)21-19-22-17(26)16(28-19)15-12-3-1-2-4-13(12)23(18(15)27)9-14(24)25/h1-8H,9H2,(H,24,25)(H,21,22,26). The lowest BCUT2D eigenvalue weighted by atomic mass is 10.1. The SMILES string of the molecule is O=C(O)CN1C(=O)C(=C2SC(=Nc3ccc(Br)cc3)NC2=O)c2ccccc21. The van der Waals surface area contributed by atoms with Gasteiger partial charge < -0.3 is 10.4 Å². The molecule has 0 saturated carbocycles. The minimum absolute atomic E-state index is 0.195. The number of rotatable bonds is 3. The number of hydrogen-bond donors (Lipinski definition) is 2. The predicted octanol–water partition coefficient (Wildman–Crippen LogP) is 3.14. The van der Waals surface area contributed by atoms with Gasteiger partial charge >= 0.3 is 5.97 Å². The molecule has 1 fully saturated rings. The van der Waals surface area contributed by atoms with Crippen molar-refractivity contribution in [1.29, 1.82) is 0 Å². The summed E-state index contributed by atoms with van der Waals surface area (Å²) in [5, 5.41) is 12.2. The maximum absolute atomic E-state index is 12.9. The van der Waals surface area contributed by atoms with Crippen molar-refractivity contribution in [2.45, 2.75) is 0 Å². The van der Waals surface area contributed by atoms with E-state index in [9.17, 15) is 14.4 Å². The molecular weight excluding hydrogens is 446 g/mol. The van der Waals surface area contributed by atoms with Crippen molar-refractivity contribution in [3.8, 4) is 0 Å². The highest BCUT2D eigenvalue weighted by atomic mass is 79.9. The van der Waals surface area contributed by atoms with E-state index < -0.39 is 24.3 Å². The Morgan fingerprint density at radius 3 is 2.57 bits per heavy atom. The first-order chi connectivity index (χ1) is 13.4. The van der Waals surface area contributed by atoms with E-state index in [4.69, 9.17) is 5.11 Å². The topological polar surface area (TPSA) is 99.1 Å². The number of benzene rings is 2. The first-order valence-electron chi connectivity index (χ1n) is 8.15. The molecule has 0 aromatic heterocycles. The van der Waals surface area contributed by atoms with Gasteiger partial charge in [-0.3, -0.25) is 19.3 Å². The fraction of sp³-hybridized carbons (Fsp3) is 0.0526. The fourth-order valence-corrected chi connectivity index (χ4v) is 4.16. The summed E-state index contributed by atoms with van der Waals surface area (Å²) < 4.78 is 0.911. The fourth-order valence-electron chi connectivity index (χ4n) is 2.96. The molecule has 2 aliphatic rings. The number of thioether (sulfide) groups is 1. The van der Waals surface area contributed by atoms with E-state index in [1.54, 1.807) is 36.4 Å². The van der Waals surface area contributed by atoms with Crippen molar-refractivity contribution in [3.63, 3.8) is 0 Å². The summed E-state index contributed by atoms with van der Waals surface area (Å²) in [6.07, 6.45) is 0. The number of amides is 2. The molecule has 2 N–H and O–H groups in total. The molecule has 9 heteroatoms. The lowest BCUT2D eigenvalue weighted by Crippen LogP contribution is -2.32. The molecule has 2 aromatic rings. The van der Waals surface area contributed by atoms with Gasteiger partial charge in [0.05, 0.1) is 21.9 Å². The third-order valence-electron chi connectivity index (χ3n) is 4.13. The number of para-hydroxylation sites is 1. The molecule has 0 spiro atoms. The number of aliphatic imine (C=N–C) groups is 1. The van der Waals surface area contributed by atoms with Gasteiger partial charge in [0, 0.05) is 10.0 Å². The molecule has 0 atom stereocenters. The Kier molecular flexibility index (Phi) is 4.78. The van der Waals surface area contributed by atoms with E-state index in [-0.39, 0.29) is 10.5 Å². The summed E-state index contributed by atoms with van der Waals surface area (Å²) in [6.45, 7) is -0.473. The normalized spacial score (nSPS) is 19.9. The number of carboxylic acids is 1. The second kappa shape index (κ2) is 7.25. The molecule has 2 amide bonds. The van der Waals surface area contributed by atoms with Gasteiger partial charge in [-0.05, 0) is 42.1 Å². The van der Waals surface area contributed by atoms with Crippen LogP contribution < -0.4 is 10.2 Å². The molecule has 2 heterocycles. The van der Waals surface area contributed by atoms with Gasteiger partial charge in [-0.25, -0.2) is 4.99 Å². The lowest BCUT2D eigenvalue weighted by molar-refractivity contribution is -0.136. The Hall–Kier alpha value is -2.91. The maximum Gasteiger partial charge on any atom is 0.323 e. The molecule has 0 aliphatic carbocycles. The van der Waals surface area contributed by atoms with Gasteiger partial charge in [0.25, 0.3) is 11.8 Å². The molecule has 4 rings (SSSR count). The number of anilines is 1. The number of amidine groups is 1. The number of nitrogens with zero attached hydrogens (tertiary/aromatic N) is 2. The van der Waals surface area contributed by atoms with Crippen LogP contribution in [0.1, 0.15) is 5.56 Å². The smallest absolute Gasteiger partial charge is 0.323 e. The van der Waals surface area contributed by atoms with Crippen LogP contribution in [0, 0.1) is 0 Å². The molecule has 0 bridgehead atoms. The number of fused-ring (bicyclic) bond motifs is 1. The highest BCUT2D eigenvalue weighted by Gasteiger charge is 2.39. The summed E-state index contributed by atoms with van der Waals surface area (Å²) in [6, 6.07) is 14.1. The molecule has 2 aromatic carbocycles. The summed E-state index contributed by atoms with van der Waals surface area (Å²) in [5.41, 5.74) is 1.86. The Morgan fingerprint density at radius 2 is 1.86 bits per heavy atom. The van der Waals surface area contributed by atoms with Crippen molar-refractivity contribution in [2.75, 3.05) is 11.4 Å². The Bertz CT molecular complexity index is 1080. The predicted molar refractivity (Wildman–Crippen MR) is 110 cm³/mol. The van der Waals surface area contributed by atoms with Gasteiger partial charge in [0.1, 0.15) is 6.54 Å². The minimum Gasteiger partial charge on any atom is -0.480 e. The van der Waals surface area contributed by atoms with E-state index in [1.807, 2.05) is 12.1 Å². The maximum atomic E-state index is 12.9. The van der Waals surface area contributed by atoms with Gasteiger partial charge in [-0.1, -0.05) is 34.1 Å².